The molecule has 6 nitrogen and oxygen atoms in total. The first-order valence-electron chi connectivity index (χ1n) is 10.1. The number of nitrogens with zero attached hydrogens (tertiary/aromatic N) is 2. The number of carbonyl (C=O) groups is 1. The van der Waals surface area contributed by atoms with Gasteiger partial charge in [0.05, 0.1) is 23.9 Å². The molecule has 1 amide bonds. The second kappa shape index (κ2) is 10.1. The second-order valence-corrected chi connectivity index (χ2v) is 10.8. The van der Waals surface area contributed by atoms with Crippen molar-refractivity contribution in [2.45, 2.75) is 63.2 Å². The first-order chi connectivity index (χ1) is 14.2. The maximum absolute atomic E-state index is 12.2. The summed E-state index contributed by atoms with van der Waals surface area (Å²) < 4.78 is 22.7. The number of likely N-dealkylation sites (tertiary alicyclic amines) is 1. The molecule has 30 heavy (non-hydrogen) atoms. The minimum atomic E-state index is -0.960. The van der Waals surface area contributed by atoms with E-state index < -0.39 is 16.8 Å². The van der Waals surface area contributed by atoms with E-state index in [4.69, 9.17) is 14.5 Å². The summed E-state index contributed by atoms with van der Waals surface area (Å²) in [6, 6.07) is 7.64. The van der Waals surface area contributed by atoms with Gasteiger partial charge in [0.1, 0.15) is 11.9 Å². The molecule has 0 radical (unpaired) electrons. The molecule has 2 heterocycles. The number of aromatic nitrogens is 1. The van der Waals surface area contributed by atoms with Crippen LogP contribution in [0.3, 0.4) is 0 Å². The van der Waals surface area contributed by atoms with Gasteiger partial charge in [-0.15, -0.1) is 11.3 Å². The van der Waals surface area contributed by atoms with E-state index in [1.54, 1.807) is 22.5 Å². The Balaban J connectivity index is 1.43. The van der Waals surface area contributed by atoms with Crippen molar-refractivity contribution < 1.29 is 18.8 Å². The zero-order valence-corrected chi connectivity index (χ0v) is 19.7. The normalized spacial score (nSPS) is 16.5. The molecule has 0 spiro atoms. The van der Waals surface area contributed by atoms with Crippen molar-refractivity contribution >= 4 is 28.6 Å². The highest BCUT2D eigenvalue weighted by molar-refractivity contribution is 7.90. The van der Waals surface area contributed by atoms with Crippen LogP contribution in [0.5, 0.6) is 0 Å². The van der Waals surface area contributed by atoms with Gasteiger partial charge in [-0.05, 0) is 62.5 Å². The van der Waals surface area contributed by atoms with Crippen LogP contribution in [0, 0.1) is 0 Å². The molecule has 1 unspecified atom stereocenters. The second-order valence-electron chi connectivity index (χ2n) is 8.51. The van der Waals surface area contributed by atoms with Crippen LogP contribution in [0.4, 0.5) is 4.79 Å². The molecule has 1 atom stereocenters. The minimum Gasteiger partial charge on any atom is -0.612 e. The lowest BCUT2D eigenvalue weighted by molar-refractivity contribution is 0.0204. The fourth-order valence-electron chi connectivity index (χ4n) is 3.26. The summed E-state index contributed by atoms with van der Waals surface area (Å²) in [7, 11) is 0. The molecule has 1 aliphatic heterocycles. The van der Waals surface area contributed by atoms with E-state index in [9.17, 15) is 9.35 Å². The Morgan fingerprint density at radius 1 is 1.23 bits per heavy atom. The van der Waals surface area contributed by atoms with Crippen molar-refractivity contribution in [3.8, 4) is 0 Å². The summed E-state index contributed by atoms with van der Waals surface area (Å²) in [5.41, 5.74) is 1.53. The van der Waals surface area contributed by atoms with Gasteiger partial charge in [-0.3, -0.25) is 0 Å². The van der Waals surface area contributed by atoms with E-state index in [0.717, 1.165) is 34.0 Å². The van der Waals surface area contributed by atoms with Crippen molar-refractivity contribution in [3.63, 3.8) is 0 Å². The van der Waals surface area contributed by atoms with Gasteiger partial charge in [0.2, 0.25) is 0 Å². The van der Waals surface area contributed by atoms with Gasteiger partial charge in [-0.1, -0.05) is 12.1 Å². The van der Waals surface area contributed by atoms with Gasteiger partial charge in [-0.25, -0.2) is 9.78 Å². The van der Waals surface area contributed by atoms with Crippen molar-refractivity contribution in [1.29, 1.82) is 0 Å². The Hall–Kier alpha value is -1.61. The highest BCUT2D eigenvalue weighted by Gasteiger charge is 2.28. The molecule has 164 valence electrons. The molecule has 1 fully saturated rings. The topological polar surface area (TPSA) is 74.7 Å². The number of ether oxygens (including phenoxy) is 2. The third kappa shape index (κ3) is 6.70. The summed E-state index contributed by atoms with van der Waals surface area (Å²) >= 11 is 0.707. The van der Waals surface area contributed by atoms with E-state index in [1.807, 2.05) is 45.0 Å². The Bertz CT molecular complexity index is 822. The first-order valence-corrected chi connectivity index (χ1v) is 12.6. The highest BCUT2D eigenvalue weighted by Crippen LogP contribution is 2.31. The van der Waals surface area contributed by atoms with E-state index in [0.29, 0.717) is 32.2 Å². The lowest BCUT2D eigenvalue weighted by atomic mass is 9.98. The maximum atomic E-state index is 12.2. The third-order valence-electron chi connectivity index (χ3n) is 4.84. The molecular formula is C22H30N2O4S2. The lowest BCUT2D eigenvalue weighted by Gasteiger charge is -2.32. The molecule has 8 heteroatoms. The molecular weight excluding hydrogens is 420 g/mol. The van der Waals surface area contributed by atoms with Gasteiger partial charge in [0.15, 0.2) is 4.90 Å². The van der Waals surface area contributed by atoms with Crippen LogP contribution in [0.1, 0.15) is 55.8 Å². The number of carbonyl (C=O) groups excluding carboxylic acids is 1. The number of hydrogen-bond acceptors (Lipinski definition) is 6. The monoisotopic (exact) mass is 450 g/mol. The van der Waals surface area contributed by atoms with E-state index in [1.165, 1.54) is 0 Å². The number of thiazole rings is 1. The molecule has 1 saturated heterocycles. The zero-order chi connectivity index (χ0) is 21.7. The van der Waals surface area contributed by atoms with Crippen LogP contribution < -0.4 is 0 Å². The van der Waals surface area contributed by atoms with E-state index >= 15 is 0 Å². The van der Waals surface area contributed by atoms with Crippen LogP contribution in [0.15, 0.2) is 34.5 Å². The molecule has 0 aliphatic carbocycles. The van der Waals surface area contributed by atoms with Gasteiger partial charge in [0.25, 0.3) is 0 Å². The van der Waals surface area contributed by atoms with Crippen LogP contribution in [0.2, 0.25) is 0 Å². The van der Waals surface area contributed by atoms with Gasteiger partial charge in [0, 0.05) is 24.4 Å². The Morgan fingerprint density at radius 3 is 2.50 bits per heavy atom. The van der Waals surface area contributed by atoms with Crippen molar-refractivity contribution in [3.05, 3.63) is 45.9 Å². The van der Waals surface area contributed by atoms with Crippen LogP contribution in [-0.4, -0.2) is 45.5 Å². The number of benzene rings is 1. The SMILES string of the molecule is C[S+]([O-])c1ccc(COCc2csc(C3CCN(C(=O)OC(C)(C)C)CC3)n2)cc1. The largest absolute Gasteiger partial charge is 0.612 e. The molecule has 1 aliphatic rings. The number of amides is 1. The molecule has 0 bridgehead atoms. The molecule has 3 rings (SSSR count). The predicted molar refractivity (Wildman–Crippen MR) is 119 cm³/mol. The fraction of sp³-hybridized carbons (Fsp3) is 0.545. The highest BCUT2D eigenvalue weighted by atomic mass is 32.2. The zero-order valence-electron chi connectivity index (χ0n) is 18.1. The van der Waals surface area contributed by atoms with E-state index in [-0.39, 0.29) is 6.09 Å². The van der Waals surface area contributed by atoms with Gasteiger partial charge >= 0.3 is 6.09 Å². The average molecular weight is 451 g/mol. The first kappa shape index (κ1) is 23.1. The predicted octanol–water partition coefficient (Wildman–Crippen LogP) is 4.71. The van der Waals surface area contributed by atoms with Crippen LogP contribution in [-0.2, 0) is 33.9 Å². The summed E-state index contributed by atoms with van der Waals surface area (Å²) in [5, 5.41) is 3.17. The summed E-state index contributed by atoms with van der Waals surface area (Å²) in [6.45, 7) is 8.03. The summed E-state index contributed by atoms with van der Waals surface area (Å²) in [5.74, 6) is 0.380. The lowest BCUT2D eigenvalue weighted by Crippen LogP contribution is -2.41. The Labute approximate surface area is 185 Å². The smallest absolute Gasteiger partial charge is 0.410 e. The minimum absolute atomic E-state index is 0.229. The maximum Gasteiger partial charge on any atom is 0.410 e. The van der Waals surface area contributed by atoms with Crippen molar-refractivity contribution in [1.82, 2.24) is 9.88 Å². The third-order valence-corrected chi connectivity index (χ3v) is 6.83. The molecule has 2 aromatic rings. The standard InChI is InChI=1S/C22H30N2O4S2/c1-22(2,3)28-21(25)24-11-9-17(10-12-24)20-23-18(15-29-20)14-27-13-16-5-7-19(8-6-16)30(4)26/h5-8,15,17H,9-14H2,1-4H3. The molecule has 0 N–H and O–H groups in total. The van der Waals surface area contributed by atoms with Crippen LogP contribution in [0.25, 0.3) is 0 Å². The van der Waals surface area contributed by atoms with E-state index in [2.05, 4.69) is 5.38 Å². The van der Waals surface area contributed by atoms with Gasteiger partial charge < -0.3 is 18.9 Å². The van der Waals surface area contributed by atoms with Crippen molar-refractivity contribution in [2.75, 3.05) is 19.3 Å². The average Bonchev–Trinajstić information content (AvgIpc) is 3.16. The quantitative estimate of drug-likeness (QED) is 0.596. The molecule has 1 aromatic heterocycles. The van der Waals surface area contributed by atoms with Gasteiger partial charge in [-0.2, -0.15) is 0 Å². The Morgan fingerprint density at radius 2 is 1.90 bits per heavy atom. The number of piperidine rings is 1. The van der Waals surface area contributed by atoms with Crippen LogP contribution >= 0.6 is 11.3 Å². The fourth-order valence-corrected chi connectivity index (χ4v) is 4.76. The molecule has 1 aromatic carbocycles. The summed E-state index contributed by atoms with van der Waals surface area (Å²) in [4.78, 5) is 19.6. The Kier molecular flexibility index (Phi) is 7.79. The number of hydrogen-bond donors (Lipinski definition) is 0. The molecule has 0 saturated carbocycles. The number of rotatable bonds is 6. The van der Waals surface area contributed by atoms with Crippen molar-refractivity contribution in [2.24, 2.45) is 0 Å². The summed E-state index contributed by atoms with van der Waals surface area (Å²) in [6.07, 6.45) is 3.25.